The maximum Gasteiger partial charge on any atom is 0.250 e. The second kappa shape index (κ2) is 10.7. The molecular formula is C17H29IN4O2. The topological polar surface area (TPSA) is 67.7 Å². The van der Waals surface area contributed by atoms with E-state index in [4.69, 9.17) is 4.74 Å². The van der Waals surface area contributed by atoms with E-state index in [2.05, 4.69) is 22.5 Å². The number of pyridine rings is 1. The molecule has 0 saturated carbocycles. The third kappa shape index (κ3) is 6.80. The second-order valence-electron chi connectivity index (χ2n) is 6.19. The van der Waals surface area contributed by atoms with Crippen molar-refractivity contribution in [3.05, 3.63) is 34.7 Å². The molecule has 1 fully saturated rings. The summed E-state index contributed by atoms with van der Waals surface area (Å²) in [4.78, 5) is 15.8. The largest absolute Gasteiger partial charge is 0.373 e. The first-order valence-electron chi connectivity index (χ1n) is 8.37. The molecule has 7 heteroatoms. The van der Waals surface area contributed by atoms with Gasteiger partial charge in [-0.3, -0.25) is 9.79 Å². The number of aryl methyl sites for hydroxylation is 1. The van der Waals surface area contributed by atoms with Gasteiger partial charge in [0.1, 0.15) is 0 Å². The van der Waals surface area contributed by atoms with Crippen LogP contribution in [0.25, 0.3) is 0 Å². The van der Waals surface area contributed by atoms with E-state index in [0.717, 1.165) is 57.9 Å². The van der Waals surface area contributed by atoms with Gasteiger partial charge in [-0.05, 0) is 38.7 Å². The number of nitrogens with zero attached hydrogens (tertiary/aromatic N) is 2. The Balaban J connectivity index is 0.00000288. The number of aromatic nitrogens is 1. The Morgan fingerprint density at radius 3 is 2.88 bits per heavy atom. The van der Waals surface area contributed by atoms with Crippen LogP contribution in [0.2, 0.25) is 0 Å². The van der Waals surface area contributed by atoms with Crippen LogP contribution in [0.5, 0.6) is 0 Å². The second-order valence-corrected chi connectivity index (χ2v) is 6.19. The molecule has 0 radical (unpaired) electrons. The lowest BCUT2D eigenvalue weighted by Gasteiger charge is -2.24. The number of nitrogens with one attached hydrogen (secondary N) is 2. The lowest BCUT2D eigenvalue weighted by Crippen LogP contribution is -2.45. The molecule has 0 spiro atoms. The van der Waals surface area contributed by atoms with Gasteiger partial charge in [0, 0.05) is 45.6 Å². The third-order valence-electron chi connectivity index (χ3n) is 4.17. The summed E-state index contributed by atoms with van der Waals surface area (Å²) in [6.07, 6.45) is 5.98. The monoisotopic (exact) mass is 448 g/mol. The SMILES string of the molecule is CN=C(NCCCCn1ccccc1=O)NCC1(C)CCCO1.I. The summed E-state index contributed by atoms with van der Waals surface area (Å²) in [6, 6.07) is 5.25. The summed E-state index contributed by atoms with van der Waals surface area (Å²) in [5, 5.41) is 6.64. The molecule has 1 aliphatic heterocycles. The average molecular weight is 448 g/mol. The Morgan fingerprint density at radius 1 is 1.38 bits per heavy atom. The molecule has 1 atom stereocenters. The molecule has 1 aromatic heterocycles. The van der Waals surface area contributed by atoms with E-state index in [-0.39, 0.29) is 35.1 Å². The Labute approximate surface area is 161 Å². The molecule has 2 rings (SSSR count). The fourth-order valence-corrected chi connectivity index (χ4v) is 2.73. The maximum atomic E-state index is 11.6. The summed E-state index contributed by atoms with van der Waals surface area (Å²) in [7, 11) is 1.77. The molecule has 0 aromatic carbocycles. The zero-order valence-electron chi connectivity index (χ0n) is 14.6. The van der Waals surface area contributed by atoms with Gasteiger partial charge >= 0.3 is 0 Å². The van der Waals surface area contributed by atoms with Crippen molar-refractivity contribution >= 4 is 29.9 Å². The number of halogens is 1. The number of rotatable bonds is 7. The lowest BCUT2D eigenvalue weighted by atomic mass is 10.0. The van der Waals surface area contributed by atoms with E-state index < -0.39 is 0 Å². The van der Waals surface area contributed by atoms with Crippen LogP contribution in [0.4, 0.5) is 0 Å². The van der Waals surface area contributed by atoms with Crippen LogP contribution < -0.4 is 16.2 Å². The number of ether oxygens (including phenoxy) is 1. The highest BCUT2D eigenvalue weighted by molar-refractivity contribution is 14.0. The first-order valence-corrected chi connectivity index (χ1v) is 8.37. The number of hydrogen-bond donors (Lipinski definition) is 2. The van der Waals surface area contributed by atoms with Gasteiger partial charge in [0.05, 0.1) is 5.60 Å². The summed E-state index contributed by atoms with van der Waals surface area (Å²) in [5.41, 5.74) is -0.0192. The summed E-state index contributed by atoms with van der Waals surface area (Å²) in [5.74, 6) is 0.804. The van der Waals surface area contributed by atoms with E-state index in [0.29, 0.717) is 0 Å². The lowest BCUT2D eigenvalue weighted by molar-refractivity contribution is 0.0243. The minimum Gasteiger partial charge on any atom is -0.373 e. The normalized spacial score (nSPS) is 20.5. The van der Waals surface area contributed by atoms with Crippen LogP contribution in [0, 0.1) is 0 Å². The first kappa shape index (κ1) is 21.0. The van der Waals surface area contributed by atoms with E-state index in [1.54, 1.807) is 23.7 Å². The highest BCUT2D eigenvalue weighted by Gasteiger charge is 2.29. The summed E-state index contributed by atoms with van der Waals surface area (Å²) in [6.45, 7) is 5.34. The van der Waals surface area contributed by atoms with Crippen molar-refractivity contribution in [3.63, 3.8) is 0 Å². The fourth-order valence-electron chi connectivity index (χ4n) is 2.73. The molecule has 2 heterocycles. The molecule has 24 heavy (non-hydrogen) atoms. The molecule has 0 amide bonds. The fraction of sp³-hybridized carbons (Fsp3) is 0.647. The Kier molecular flexibility index (Phi) is 9.35. The molecule has 2 N–H and O–H groups in total. The van der Waals surface area contributed by atoms with E-state index in [1.165, 1.54) is 0 Å². The number of unbranched alkanes of at least 4 members (excludes halogenated alkanes) is 1. The van der Waals surface area contributed by atoms with Crippen LogP contribution in [0.15, 0.2) is 34.2 Å². The zero-order chi connectivity index (χ0) is 16.5. The smallest absolute Gasteiger partial charge is 0.250 e. The molecule has 136 valence electrons. The molecule has 1 aliphatic rings. The number of guanidine groups is 1. The van der Waals surface area contributed by atoms with Crippen LogP contribution >= 0.6 is 24.0 Å². The average Bonchev–Trinajstić information content (AvgIpc) is 2.98. The van der Waals surface area contributed by atoms with Gasteiger partial charge in [0.15, 0.2) is 5.96 Å². The first-order chi connectivity index (χ1) is 11.1. The predicted molar refractivity (Wildman–Crippen MR) is 108 cm³/mol. The van der Waals surface area contributed by atoms with Crippen molar-refractivity contribution in [2.24, 2.45) is 4.99 Å². The molecule has 6 nitrogen and oxygen atoms in total. The molecule has 0 bridgehead atoms. The highest BCUT2D eigenvalue weighted by atomic mass is 127. The predicted octanol–water partition coefficient (Wildman–Crippen LogP) is 1.98. The van der Waals surface area contributed by atoms with Gasteiger partial charge in [-0.1, -0.05) is 6.07 Å². The van der Waals surface area contributed by atoms with E-state index >= 15 is 0 Å². The molecule has 1 aromatic rings. The number of hydrogen-bond acceptors (Lipinski definition) is 3. The van der Waals surface area contributed by atoms with Crippen molar-refractivity contribution in [2.45, 2.75) is 44.8 Å². The van der Waals surface area contributed by atoms with Crippen molar-refractivity contribution in [1.82, 2.24) is 15.2 Å². The zero-order valence-corrected chi connectivity index (χ0v) is 16.9. The highest BCUT2D eigenvalue weighted by Crippen LogP contribution is 2.23. The van der Waals surface area contributed by atoms with Gasteiger partial charge in [-0.2, -0.15) is 0 Å². The minimum absolute atomic E-state index is 0. The Morgan fingerprint density at radius 2 is 2.21 bits per heavy atom. The van der Waals surface area contributed by atoms with E-state index in [1.807, 2.05) is 12.3 Å². The van der Waals surface area contributed by atoms with Crippen molar-refractivity contribution < 1.29 is 4.74 Å². The summed E-state index contributed by atoms with van der Waals surface area (Å²) < 4.78 is 7.50. The third-order valence-corrected chi connectivity index (χ3v) is 4.17. The van der Waals surface area contributed by atoms with Crippen LogP contribution in [0.1, 0.15) is 32.6 Å². The van der Waals surface area contributed by atoms with Gasteiger partial charge in [-0.25, -0.2) is 0 Å². The molecular weight excluding hydrogens is 419 g/mol. The van der Waals surface area contributed by atoms with E-state index in [9.17, 15) is 4.79 Å². The van der Waals surface area contributed by atoms with Crippen molar-refractivity contribution in [3.8, 4) is 0 Å². The maximum absolute atomic E-state index is 11.6. The number of aliphatic imine (C=N–C) groups is 1. The van der Waals surface area contributed by atoms with Gasteiger partial charge in [-0.15, -0.1) is 24.0 Å². The Bertz CT molecular complexity index is 568. The van der Waals surface area contributed by atoms with Gasteiger partial charge < -0.3 is 19.9 Å². The standard InChI is InChI=1S/C17H28N4O2.HI/c1-17(9-7-13-23-17)14-20-16(18-2)19-10-4-6-12-21-11-5-3-8-15(21)22;/h3,5,8,11H,4,6-7,9-10,12-14H2,1-2H3,(H2,18,19,20);1H. The summed E-state index contributed by atoms with van der Waals surface area (Å²) >= 11 is 0. The quantitative estimate of drug-likeness (QED) is 0.290. The molecule has 1 unspecified atom stereocenters. The minimum atomic E-state index is -0.0773. The van der Waals surface area contributed by atoms with Crippen molar-refractivity contribution in [2.75, 3.05) is 26.7 Å². The van der Waals surface area contributed by atoms with Crippen LogP contribution in [-0.4, -0.2) is 42.9 Å². The Hall–Kier alpha value is -1.09. The van der Waals surface area contributed by atoms with Gasteiger partial charge in [0.25, 0.3) is 0 Å². The molecule has 0 aliphatic carbocycles. The molecule has 1 saturated heterocycles. The van der Waals surface area contributed by atoms with Crippen molar-refractivity contribution in [1.29, 1.82) is 0 Å². The van der Waals surface area contributed by atoms with Crippen LogP contribution in [-0.2, 0) is 11.3 Å². The van der Waals surface area contributed by atoms with Crippen LogP contribution in [0.3, 0.4) is 0 Å². The van der Waals surface area contributed by atoms with Gasteiger partial charge in [0.2, 0.25) is 5.56 Å².